The van der Waals surface area contributed by atoms with Gasteiger partial charge in [-0.1, -0.05) is 36.4 Å². The van der Waals surface area contributed by atoms with Crippen LogP contribution in [0.4, 0.5) is 0 Å². The molecule has 11 heavy (non-hydrogen) atoms. The summed E-state index contributed by atoms with van der Waals surface area (Å²) in [4.78, 5) is 0. The maximum absolute atomic E-state index is 5.76. The summed E-state index contributed by atoms with van der Waals surface area (Å²) in [6.45, 7) is 0. The molecular weight excluding hydrogens is 181 g/mol. The summed E-state index contributed by atoms with van der Waals surface area (Å²) in [7, 11) is 0. The molecule has 2 N–H and O–H groups in total. The first-order valence-corrected chi connectivity index (χ1v) is 3.40. The van der Waals surface area contributed by atoms with E-state index in [0.29, 0.717) is 0 Å². The second-order valence-corrected chi connectivity index (χ2v) is 2.51. The van der Waals surface area contributed by atoms with Gasteiger partial charge in [-0.15, -0.1) is 0 Å². The van der Waals surface area contributed by atoms with E-state index in [4.69, 9.17) is 5.73 Å². The van der Waals surface area contributed by atoms with E-state index in [-0.39, 0.29) is 22.8 Å². The molecule has 1 nitrogen and oxygen atoms in total. The Morgan fingerprint density at radius 1 is 1.18 bits per heavy atom. The first-order chi connectivity index (χ1) is 4.88. The normalized spacial score (nSPS) is 19.2. The summed E-state index contributed by atoms with van der Waals surface area (Å²) >= 11 is 0. The van der Waals surface area contributed by atoms with E-state index in [2.05, 4.69) is 18.2 Å². The van der Waals surface area contributed by atoms with Gasteiger partial charge < -0.3 is 5.73 Å². The Balaban J connectivity index is 0.000000605. The molecule has 1 aliphatic rings. The van der Waals surface area contributed by atoms with Gasteiger partial charge in [0, 0.05) is 22.8 Å². The fourth-order valence-corrected chi connectivity index (χ4v) is 1.28. The third-order valence-corrected chi connectivity index (χ3v) is 1.84. The van der Waals surface area contributed by atoms with Crippen molar-refractivity contribution in [1.29, 1.82) is 0 Å². The molecule has 1 radical (unpaired) electrons. The minimum atomic E-state index is 0. The molecule has 2 rings (SSSR count). The predicted molar refractivity (Wildman–Crippen MR) is 42.4 cm³/mol. The molecule has 59 valence electrons. The zero-order chi connectivity index (χ0) is 6.97. The molecule has 2 heteroatoms. The fraction of sp³-hybridized carbons (Fsp3) is 0.111. The summed E-state index contributed by atoms with van der Waals surface area (Å²) in [5.74, 6) is 0. The van der Waals surface area contributed by atoms with E-state index in [1.165, 1.54) is 11.1 Å². The van der Waals surface area contributed by atoms with Crippen molar-refractivity contribution in [2.24, 2.45) is 5.73 Å². The maximum atomic E-state index is 5.76. The average Bonchev–Trinajstić information content (AvgIpc) is 2.34. The van der Waals surface area contributed by atoms with Crippen LogP contribution in [0, 0.1) is 0 Å². The van der Waals surface area contributed by atoms with Gasteiger partial charge >= 0.3 is 0 Å². The second kappa shape index (κ2) is 3.22. The molecule has 1 unspecified atom stereocenters. The number of benzene rings is 1. The van der Waals surface area contributed by atoms with Crippen LogP contribution in [0.2, 0.25) is 0 Å². The molecule has 0 aliphatic heterocycles. The first-order valence-electron chi connectivity index (χ1n) is 3.40. The van der Waals surface area contributed by atoms with E-state index in [9.17, 15) is 0 Å². The average molecular weight is 190 g/mol. The van der Waals surface area contributed by atoms with Crippen LogP contribution in [-0.4, -0.2) is 0 Å². The van der Waals surface area contributed by atoms with Gasteiger partial charge in [-0.25, -0.2) is 0 Å². The Labute approximate surface area is 76.5 Å². The van der Waals surface area contributed by atoms with Gasteiger partial charge in [-0.3, -0.25) is 0 Å². The Morgan fingerprint density at radius 3 is 2.64 bits per heavy atom. The molecular formula is C9H9CoN. The van der Waals surface area contributed by atoms with E-state index in [1.54, 1.807) is 0 Å². The molecule has 1 aromatic carbocycles. The van der Waals surface area contributed by atoms with E-state index in [1.807, 2.05) is 18.2 Å². The molecule has 0 amide bonds. The summed E-state index contributed by atoms with van der Waals surface area (Å²) < 4.78 is 0. The fourth-order valence-electron chi connectivity index (χ4n) is 1.28. The Hall–Kier alpha value is -0.574. The summed E-state index contributed by atoms with van der Waals surface area (Å²) in [5, 5.41) is 0. The smallest absolute Gasteiger partial charge is 0.0490 e. The van der Waals surface area contributed by atoms with Gasteiger partial charge in [0.25, 0.3) is 0 Å². The topological polar surface area (TPSA) is 26.0 Å². The maximum Gasteiger partial charge on any atom is 0.0490 e. The van der Waals surface area contributed by atoms with Crippen molar-refractivity contribution < 1.29 is 16.8 Å². The van der Waals surface area contributed by atoms with Gasteiger partial charge in [0.2, 0.25) is 0 Å². The van der Waals surface area contributed by atoms with Crippen molar-refractivity contribution in [1.82, 2.24) is 0 Å². The van der Waals surface area contributed by atoms with Gasteiger partial charge in [0.05, 0.1) is 0 Å². The van der Waals surface area contributed by atoms with Crippen molar-refractivity contribution in [3.8, 4) is 0 Å². The molecule has 0 saturated heterocycles. The zero-order valence-corrected chi connectivity index (χ0v) is 6.99. The van der Waals surface area contributed by atoms with Crippen LogP contribution >= 0.6 is 0 Å². The van der Waals surface area contributed by atoms with Gasteiger partial charge in [0.1, 0.15) is 0 Å². The van der Waals surface area contributed by atoms with Crippen LogP contribution in [0.15, 0.2) is 30.3 Å². The van der Waals surface area contributed by atoms with Crippen molar-refractivity contribution in [2.45, 2.75) is 6.04 Å². The first kappa shape index (κ1) is 8.52. The third kappa shape index (κ3) is 1.38. The number of hydrogen-bond donors (Lipinski definition) is 1. The zero-order valence-electron chi connectivity index (χ0n) is 5.95. The molecule has 0 fully saturated rings. The Bertz CT molecular complexity index is 281. The van der Waals surface area contributed by atoms with Crippen LogP contribution < -0.4 is 5.73 Å². The molecule has 0 saturated carbocycles. The van der Waals surface area contributed by atoms with E-state index < -0.39 is 0 Å². The number of nitrogens with two attached hydrogens (primary N) is 1. The molecule has 1 atom stereocenters. The largest absolute Gasteiger partial charge is 0.321 e. The monoisotopic (exact) mass is 190 g/mol. The van der Waals surface area contributed by atoms with Crippen LogP contribution in [0.3, 0.4) is 0 Å². The molecule has 0 bridgehead atoms. The van der Waals surface area contributed by atoms with Crippen LogP contribution in [-0.2, 0) is 16.8 Å². The standard InChI is InChI=1S/C9H9N.Co/c10-9-6-5-7-3-1-2-4-8(7)9;/h1-6,9H,10H2;. The van der Waals surface area contributed by atoms with E-state index >= 15 is 0 Å². The van der Waals surface area contributed by atoms with Crippen LogP contribution in [0.25, 0.3) is 6.08 Å². The van der Waals surface area contributed by atoms with Crippen molar-refractivity contribution >= 4 is 6.08 Å². The Kier molecular flexibility index (Phi) is 2.49. The van der Waals surface area contributed by atoms with Crippen molar-refractivity contribution in [2.75, 3.05) is 0 Å². The number of fused-ring (bicyclic) bond motifs is 1. The minimum Gasteiger partial charge on any atom is -0.321 e. The number of hydrogen-bond acceptors (Lipinski definition) is 1. The SMILES string of the molecule is NC1C=Cc2ccccc21.[Co]. The molecule has 0 aromatic heterocycles. The van der Waals surface area contributed by atoms with Gasteiger partial charge in [-0.05, 0) is 11.1 Å². The summed E-state index contributed by atoms with van der Waals surface area (Å²) in [6, 6.07) is 8.32. The van der Waals surface area contributed by atoms with Gasteiger partial charge in [-0.2, -0.15) is 0 Å². The number of rotatable bonds is 0. The molecule has 1 aliphatic carbocycles. The quantitative estimate of drug-likeness (QED) is 0.662. The summed E-state index contributed by atoms with van der Waals surface area (Å²) in [5.41, 5.74) is 8.26. The van der Waals surface area contributed by atoms with Crippen molar-refractivity contribution in [3.05, 3.63) is 41.5 Å². The third-order valence-electron chi connectivity index (χ3n) is 1.84. The van der Waals surface area contributed by atoms with Gasteiger partial charge in [0.15, 0.2) is 0 Å². The van der Waals surface area contributed by atoms with Crippen molar-refractivity contribution in [3.63, 3.8) is 0 Å². The minimum absolute atomic E-state index is 0. The molecule has 0 heterocycles. The Morgan fingerprint density at radius 2 is 1.91 bits per heavy atom. The second-order valence-electron chi connectivity index (χ2n) is 2.51. The predicted octanol–water partition coefficient (Wildman–Crippen LogP) is 1.71. The molecule has 0 spiro atoms. The summed E-state index contributed by atoms with van der Waals surface area (Å²) in [6.07, 6.45) is 4.09. The van der Waals surface area contributed by atoms with E-state index in [0.717, 1.165) is 0 Å². The van der Waals surface area contributed by atoms with Crippen LogP contribution in [0.5, 0.6) is 0 Å². The van der Waals surface area contributed by atoms with Crippen LogP contribution in [0.1, 0.15) is 17.2 Å². The molecule has 1 aromatic rings.